The van der Waals surface area contributed by atoms with Crippen molar-refractivity contribution in [3.8, 4) is 0 Å². The van der Waals surface area contributed by atoms with Gasteiger partial charge in [0.2, 0.25) is 0 Å². The minimum atomic E-state index is 0.665. The number of rotatable bonds is 4. The first-order chi connectivity index (χ1) is 7.89. The molecule has 1 aliphatic carbocycles. The predicted octanol–water partition coefficient (Wildman–Crippen LogP) is 3.46. The molecule has 1 saturated carbocycles. The van der Waals surface area contributed by atoms with Crippen molar-refractivity contribution in [3.63, 3.8) is 0 Å². The fourth-order valence-electron chi connectivity index (χ4n) is 3.48. The molecule has 1 N–H and O–H groups in total. The maximum absolute atomic E-state index is 3.51. The molecule has 0 bridgehead atoms. The van der Waals surface area contributed by atoms with Gasteiger partial charge in [0.15, 0.2) is 0 Å². The lowest BCUT2D eigenvalue weighted by atomic mass is 9.66. The van der Waals surface area contributed by atoms with E-state index in [-0.39, 0.29) is 0 Å². The van der Waals surface area contributed by atoms with Gasteiger partial charge in [-0.25, -0.2) is 0 Å². The van der Waals surface area contributed by atoms with Crippen molar-refractivity contribution in [2.75, 3.05) is 13.1 Å². The van der Waals surface area contributed by atoms with Crippen molar-refractivity contribution in [1.82, 2.24) is 5.32 Å². The zero-order valence-corrected chi connectivity index (χ0v) is 10.7. The molecule has 88 valence electrons. The number of hydrogen-bond donors (Lipinski definition) is 1. The molecule has 1 saturated heterocycles. The molecule has 0 unspecified atom stereocenters. The van der Waals surface area contributed by atoms with Gasteiger partial charge in [0.05, 0.1) is 0 Å². The summed E-state index contributed by atoms with van der Waals surface area (Å²) in [7, 11) is 0. The highest BCUT2D eigenvalue weighted by molar-refractivity contribution is 7.07. The van der Waals surface area contributed by atoms with Crippen LogP contribution in [0.15, 0.2) is 16.8 Å². The van der Waals surface area contributed by atoms with E-state index < -0.39 is 0 Å². The summed E-state index contributed by atoms with van der Waals surface area (Å²) in [5.74, 6) is 1.02. The Labute approximate surface area is 102 Å². The summed E-state index contributed by atoms with van der Waals surface area (Å²) in [5, 5.41) is 8.03. The largest absolute Gasteiger partial charge is 0.316 e. The average Bonchev–Trinajstić information content (AvgIpc) is 2.87. The zero-order chi connectivity index (χ0) is 10.8. The first-order valence-corrected chi connectivity index (χ1v) is 7.55. The van der Waals surface area contributed by atoms with Crippen molar-refractivity contribution in [2.24, 2.45) is 11.3 Å². The van der Waals surface area contributed by atoms with Gasteiger partial charge in [-0.3, -0.25) is 0 Å². The molecule has 2 fully saturated rings. The van der Waals surface area contributed by atoms with Gasteiger partial charge in [0, 0.05) is 13.1 Å². The van der Waals surface area contributed by atoms with Crippen LogP contribution in [0, 0.1) is 11.3 Å². The van der Waals surface area contributed by atoms with Gasteiger partial charge in [0.1, 0.15) is 0 Å². The molecule has 2 heteroatoms. The van der Waals surface area contributed by atoms with E-state index in [0.29, 0.717) is 5.41 Å². The summed E-state index contributed by atoms with van der Waals surface area (Å²) in [5.41, 5.74) is 2.22. The second-order valence-corrected chi connectivity index (χ2v) is 6.36. The molecule has 0 spiro atoms. The van der Waals surface area contributed by atoms with Gasteiger partial charge in [0.25, 0.3) is 0 Å². The highest BCUT2D eigenvalue weighted by Gasteiger charge is 2.44. The first-order valence-electron chi connectivity index (χ1n) is 6.61. The molecule has 16 heavy (non-hydrogen) atoms. The second-order valence-electron chi connectivity index (χ2n) is 5.58. The van der Waals surface area contributed by atoms with Crippen molar-refractivity contribution >= 4 is 11.3 Å². The summed E-state index contributed by atoms with van der Waals surface area (Å²) >= 11 is 1.83. The smallest absolute Gasteiger partial charge is 0.00230 e. The summed E-state index contributed by atoms with van der Waals surface area (Å²) in [4.78, 5) is 0. The molecule has 3 rings (SSSR count). The van der Waals surface area contributed by atoms with E-state index in [4.69, 9.17) is 0 Å². The van der Waals surface area contributed by atoms with Crippen LogP contribution in [0.3, 0.4) is 0 Å². The molecular formula is C14H21NS. The van der Waals surface area contributed by atoms with Crippen molar-refractivity contribution in [3.05, 3.63) is 22.4 Å². The van der Waals surface area contributed by atoms with Crippen molar-refractivity contribution in [2.45, 2.75) is 38.5 Å². The van der Waals surface area contributed by atoms with Crippen LogP contribution in [0.25, 0.3) is 0 Å². The molecule has 0 atom stereocenters. The summed E-state index contributed by atoms with van der Waals surface area (Å²) in [6.07, 6.45) is 8.63. The minimum absolute atomic E-state index is 0.665. The monoisotopic (exact) mass is 235 g/mol. The van der Waals surface area contributed by atoms with Crippen LogP contribution in [0.4, 0.5) is 0 Å². The maximum Gasteiger partial charge on any atom is 0.00230 e. The van der Waals surface area contributed by atoms with Crippen LogP contribution in [-0.4, -0.2) is 13.1 Å². The fourth-order valence-corrected chi connectivity index (χ4v) is 4.19. The standard InChI is InChI=1S/C14H21NS/c1-2-4-13(3-1)14(10-15-11-14)7-5-12-6-8-16-9-12/h6,8-9,13,15H,1-5,7,10-11H2. The van der Waals surface area contributed by atoms with Gasteiger partial charge in [-0.05, 0) is 59.4 Å². The van der Waals surface area contributed by atoms with E-state index in [1.807, 2.05) is 11.3 Å². The van der Waals surface area contributed by atoms with Gasteiger partial charge < -0.3 is 5.32 Å². The van der Waals surface area contributed by atoms with E-state index in [0.717, 1.165) is 5.92 Å². The topological polar surface area (TPSA) is 12.0 Å². The van der Waals surface area contributed by atoms with E-state index in [1.165, 1.54) is 51.6 Å². The molecule has 1 aromatic rings. The quantitative estimate of drug-likeness (QED) is 0.842. The number of thiophene rings is 1. The first kappa shape index (κ1) is 10.8. The van der Waals surface area contributed by atoms with Crippen LogP contribution in [0.1, 0.15) is 37.7 Å². The third kappa shape index (κ3) is 1.93. The van der Waals surface area contributed by atoms with E-state index >= 15 is 0 Å². The molecule has 2 aliphatic rings. The van der Waals surface area contributed by atoms with Crippen LogP contribution >= 0.6 is 11.3 Å². The van der Waals surface area contributed by atoms with Crippen LogP contribution in [0.2, 0.25) is 0 Å². The van der Waals surface area contributed by atoms with Gasteiger partial charge >= 0.3 is 0 Å². The Morgan fingerprint density at radius 1 is 1.31 bits per heavy atom. The maximum atomic E-state index is 3.51. The van der Waals surface area contributed by atoms with Crippen LogP contribution in [-0.2, 0) is 6.42 Å². The van der Waals surface area contributed by atoms with E-state index in [2.05, 4.69) is 22.1 Å². The molecule has 1 nitrogen and oxygen atoms in total. The number of aryl methyl sites for hydroxylation is 1. The van der Waals surface area contributed by atoms with Crippen LogP contribution in [0.5, 0.6) is 0 Å². The van der Waals surface area contributed by atoms with Gasteiger partial charge in [-0.2, -0.15) is 11.3 Å². The lowest BCUT2D eigenvalue weighted by molar-refractivity contribution is 0.0703. The molecule has 0 aromatic carbocycles. The number of hydrogen-bond acceptors (Lipinski definition) is 2. The molecular weight excluding hydrogens is 214 g/mol. The summed E-state index contributed by atoms with van der Waals surface area (Å²) in [6.45, 7) is 2.56. The fraction of sp³-hybridized carbons (Fsp3) is 0.714. The molecule has 0 amide bonds. The second kappa shape index (κ2) is 4.50. The SMILES string of the molecule is c1cc(CCC2(C3CCCC3)CNC2)cs1. The minimum Gasteiger partial charge on any atom is -0.316 e. The zero-order valence-electron chi connectivity index (χ0n) is 9.87. The van der Waals surface area contributed by atoms with Gasteiger partial charge in [-0.15, -0.1) is 0 Å². The lowest BCUT2D eigenvalue weighted by Crippen LogP contribution is -2.57. The van der Waals surface area contributed by atoms with Gasteiger partial charge in [-0.1, -0.05) is 12.8 Å². The average molecular weight is 235 g/mol. The highest BCUT2D eigenvalue weighted by Crippen LogP contribution is 2.45. The van der Waals surface area contributed by atoms with Crippen molar-refractivity contribution in [1.29, 1.82) is 0 Å². The number of nitrogens with one attached hydrogen (secondary N) is 1. The predicted molar refractivity (Wildman–Crippen MR) is 69.9 cm³/mol. The Hall–Kier alpha value is -0.340. The normalized spacial score (nSPS) is 24.5. The Morgan fingerprint density at radius 2 is 2.12 bits per heavy atom. The van der Waals surface area contributed by atoms with E-state index in [9.17, 15) is 0 Å². The Balaban J connectivity index is 1.62. The summed E-state index contributed by atoms with van der Waals surface area (Å²) < 4.78 is 0. The van der Waals surface area contributed by atoms with Crippen LogP contribution < -0.4 is 5.32 Å². The van der Waals surface area contributed by atoms with E-state index in [1.54, 1.807) is 5.56 Å². The molecule has 1 aliphatic heterocycles. The van der Waals surface area contributed by atoms with Crippen molar-refractivity contribution < 1.29 is 0 Å². The molecule has 0 radical (unpaired) electrons. The Morgan fingerprint density at radius 3 is 2.69 bits per heavy atom. The molecule has 1 aromatic heterocycles. The third-order valence-electron chi connectivity index (χ3n) is 4.67. The Kier molecular flexibility index (Phi) is 3.03. The highest BCUT2D eigenvalue weighted by atomic mass is 32.1. The summed E-state index contributed by atoms with van der Waals surface area (Å²) in [6, 6.07) is 2.29. The molecule has 2 heterocycles. The Bertz CT molecular complexity index is 321. The third-order valence-corrected chi connectivity index (χ3v) is 5.40. The lowest BCUT2D eigenvalue weighted by Gasteiger charge is -2.47.